The van der Waals surface area contributed by atoms with E-state index in [1.165, 1.54) is 0 Å². The Hall–Kier alpha value is -3.01. The van der Waals surface area contributed by atoms with Gasteiger partial charge in [0, 0.05) is 36.0 Å². The van der Waals surface area contributed by atoms with Gasteiger partial charge in [0.25, 0.3) is 5.91 Å². The van der Waals surface area contributed by atoms with Crippen molar-refractivity contribution in [2.24, 2.45) is 0 Å². The van der Waals surface area contributed by atoms with E-state index in [2.05, 4.69) is 15.3 Å². The number of anilines is 1. The lowest BCUT2D eigenvalue weighted by Gasteiger charge is -2.06. The van der Waals surface area contributed by atoms with E-state index < -0.39 is 0 Å². The topological polar surface area (TPSA) is 54.9 Å². The second-order valence-corrected chi connectivity index (χ2v) is 4.52. The van der Waals surface area contributed by atoms with E-state index in [0.717, 1.165) is 16.8 Å². The molecule has 0 aliphatic carbocycles. The fraction of sp³-hybridized carbons (Fsp3) is 0. The van der Waals surface area contributed by atoms with Gasteiger partial charge in [-0.05, 0) is 35.9 Å². The van der Waals surface area contributed by atoms with Crippen LogP contribution in [0, 0.1) is 0 Å². The summed E-state index contributed by atoms with van der Waals surface area (Å²) in [4.78, 5) is 20.4. The van der Waals surface area contributed by atoms with Crippen LogP contribution in [0.25, 0.3) is 11.1 Å². The zero-order chi connectivity index (χ0) is 14.5. The van der Waals surface area contributed by atoms with Gasteiger partial charge in [-0.2, -0.15) is 0 Å². The number of carbonyl (C=O) groups is 1. The summed E-state index contributed by atoms with van der Waals surface area (Å²) in [5, 5.41) is 2.85. The summed E-state index contributed by atoms with van der Waals surface area (Å²) in [7, 11) is 0. The number of benzene rings is 1. The first kappa shape index (κ1) is 13.0. The van der Waals surface area contributed by atoms with E-state index >= 15 is 0 Å². The number of aromatic nitrogens is 2. The Morgan fingerprint density at radius 1 is 0.857 bits per heavy atom. The molecule has 0 bridgehead atoms. The van der Waals surface area contributed by atoms with Crippen molar-refractivity contribution in [2.75, 3.05) is 5.32 Å². The van der Waals surface area contributed by atoms with Gasteiger partial charge in [-0.25, -0.2) is 0 Å². The van der Waals surface area contributed by atoms with Gasteiger partial charge in [-0.1, -0.05) is 18.2 Å². The summed E-state index contributed by atoms with van der Waals surface area (Å²) < 4.78 is 0. The quantitative estimate of drug-likeness (QED) is 0.797. The van der Waals surface area contributed by atoms with Crippen LogP contribution in [0.2, 0.25) is 0 Å². The van der Waals surface area contributed by atoms with Crippen molar-refractivity contribution >= 4 is 11.6 Å². The zero-order valence-corrected chi connectivity index (χ0v) is 11.2. The summed E-state index contributed by atoms with van der Waals surface area (Å²) >= 11 is 0. The summed E-state index contributed by atoms with van der Waals surface area (Å²) in [5.74, 6) is -0.176. The van der Waals surface area contributed by atoms with Crippen LogP contribution in [0.5, 0.6) is 0 Å². The second-order valence-electron chi connectivity index (χ2n) is 4.52. The highest BCUT2D eigenvalue weighted by Crippen LogP contribution is 2.18. The Kier molecular flexibility index (Phi) is 3.69. The van der Waals surface area contributed by atoms with Crippen molar-refractivity contribution in [1.29, 1.82) is 0 Å². The Balaban J connectivity index is 1.85. The molecule has 2 heterocycles. The molecule has 0 spiro atoms. The maximum atomic E-state index is 12.2. The minimum absolute atomic E-state index is 0.176. The fourth-order valence-corrected chi connectivity index (χ4v) is 1.99. The molecule has 3 rings (SSSR count). The minimum Gasteiger partial charge on any atom is -0.322 e. The minimum atomic E-state index is -0.176. The number of hydrogen-bond acceptors (Lipinski definition) is 3. The van der Waals surface area contributed by atoms with E-state index in [-0.39, 0.29) is 5.91 Å². The molecule has 0 unspecified atom stereocenters. The monoisotopic (exact) mass is 275 g/mol. The molecule has 0 aliphatic rings. The van der Waals surface area contributed by atoms with Crippen molar-refractivity contribution in [2.45, 2.75) is 0 Å². The number of carbonyl (C=O) groups excluding carboxylic acids is 1. The van der Waals surface area contributed by atoms with E-state index in [1.807, 2.05) is 48.5 Å². The largest absolute Gasteiger partial charge is 0.322 e. The van der Waals surface area contributed by atoms with Gasteiger partial charge in [0.15, 0.2) is 0 Å². The zero-order valence-electron chi connectivity index (χ0n) is 11.2. The summed E-state index contributed by atoms with van der Waals surface area (Å²) in [5.41, 5.74) is 3.15. The van der Waals surface area contributed by atoms with Gasteiger partial charge < -0.3 is 5.32 Å². The molecule has 21 heavy (non-hydrogen) atoms. The maximum Gasteiger partial charge on any atom is 0.257 e. The SMILES string of the molecule is O=C(Nc1ccccc1)c1cncc(-c2ccncc2)c1. The lowest BCUT2D eigenvalue weighted by Crippen LogP contribution is -2.12. The second kappa shape index (κ2) is 5.96. The average molecular weight is 275 g/mol. The number of nitrogens with one attached hydrogen (secondary N) is 1. The fourth-order valence-electron chi connectivity index (χ4n) is 1.99. The first-order valence-electron chi connectivity index (χ1n) is 6.55. The van der Waals surface area contributed by atoms with Gasteiger partial charge in [0.2, 0.25) is 0 Å². The average Bonchev–Trinajstić information content (AvgIpc) is 2.57. The molecule has 4 nitrogen and oxygen atoms in total. The number of para-hydroxylation sites is 1. The van der Waals surface area contributed by atoms with Crippen molar-refractivity contribution in [1.82, 2.24) is 9.97 Å². The van der Waals surface area contributed by atoms with Gasteiger partial charge in [-0.3, -0.25) is 14.8 Å². The third kappa shape index (κ3) is 3.12. The highest BCUT2D eigenvalue weighted by molar-refractivity contribution is 6.04. The lowest BCUT2D eigenvalue weighted by atomic mass is 10.1. The van der Waals surface area contributed by atoms with Gasteiger partial charge in [0.05, 0.1) is 5.56 Å². The first-order chi connectivity index (χ1) is 10.3. The number of pyridine rings is 2. The van der Waals surface area contributed by atoms with Crippen molar-refractivity contribution in [3.8, 4) is 11.1 Å². The number of rotatable bonds is 3. The van der Waals surface area contributed by atoms with Crippen molar-refractivity contribution < 1.29 is 4.79 Å². The van der Waals surface area contributed by atoms with E-state index in [0.29, 0.717) is 5.56 Å². The van der Waals surface area contributed by atoms with E-state index in [9.17, 15) is 4.79 Å². The Morgan fingerprint density at radius 3 is 2.38 bits per heavy atom. The third-order valence-electron chi connectivity index (χ3n) is 3.05. The standard InChI is InChI=1S/C17H13N3O/c21-17(20-16-4-2-1-3-5-16)15-10-14(11-19-12-15)13-6-8-18-9-7-13/h1-12H,(H,20,21). The van der Waals surface area contributed by atoms with Crippen LogP contribution < -0.4 is 5.32 Å². The van der Waals surface area contributed by atoms with Gasteiger partial charge in [-0.15, -0.1) is 0 Å². The van der Waals surface area contributed by atoms with Crippen LogP contribution in [0.4, 0.5) is 5.69 Å². The summed E-state index contributed by atoms with van der Waals surface area (Å²) in [6.07, 6.45) is 6.72. The molecule has 0 saturated heterocycles. The predicted molar refractivity (Wildman–Crippen MR) is 81.9 cm³/mol. The molecule has 102 valence electrons. The summed E-state index contributed by atoms with van der Waals surface area (Å²) in [6, 6.07) is 14.9. The molecule has 0 aliphatic heterocycles. The van der Waals surface area contributed by atoms with Crippen LogP contribution in [0.15, 0.2) is 73.3 Å². The third-order valence-corrected chi connectivity index (χ3v) is 3.05. The summed E-state index contributed by atoms with van der Waals surface area (Å²) in [6.45, 7) is 0. The Bertz CT molecular complexity index is 742. The van der Waals surface area contributed by atoms with Crippen molar-refractivity contribution in [3.63, 3.8) is 0 Å². The number of amides is 1. The molecule has 0 fully saturated rings. The smallest absolute Gasteiger partial charge is 0.257 e. The van der Waals surface area contributed by atoms with Crippen LogP contribution in [0.1, 0.15) is 10.4 Å². The van der Waals surface area contributed by atoms with Crippen LogP contribution in [-0.2, 0) is 0 Å². The molecule has 0 saturated carbocycles. The number of hydrogen-bond donors (Lipinski definition) is 1. The molecule has 0 radical (unpaired) electrons. The molecule has 4 heteroatoms. The molecular weight excluding hydrogens is 262 g/mol. The molecule has 0 atom stereocenters. The lowest BCUT2D eigenvalue weighted by molar-refractivity contribution is 0.102. The van der Waals surface area contributed by atoms with Crippen LogP contribution >= 0.6 is 0 Å². The molecular formula is C17H13N3O. The molecule has 1 amide bonds. The Morgan fingerprint density at radius 2 is 1.62 bits per heavy atom. The van der Waals surface area contributed by atoms with Crippen LogP contribution in [-0.4, -0.2) is 15.9 Å². The number of nitrogens with zero attached hydrogens (tertiary/aromatic N) is 2. The van der Waals surface area contributed by atoms with Gasteiger partial charge in [0.1, 0.15) is 0 Å². The molecule has 1 N–H and O–H groups in total. The normalized spacial score (nSPS) is 10.1. The maximum absolute atomic E-state index is 12.2. The van der Waals surface area contributed by atoms with E-state index in [1.54, 1.807) is 24.8 Å². The molecule has 2 aromatic heterocycles. The van der Waals surface area contributed by atoms with E-state index in [4.69, 9.17) is 0 Å². The predicted octanol–water partition coefficient (Wildman–Crippen LogP) is 3.40. The van der Waals surface area contributed by atoms with Crippen molar-refractivity contribution in [3.05, 3.63) is 78.9 Å². The molecule has 3 aromatic rings. The van der Waals surface area contributed by atoms with Gasteiger partial charge >= 0.3 is 0 Å². The highest BCUT2D eigenvalue weighted by Gasteiger charge is 2.08. The van der Waals surface area contributed by atoms with Crippen LogP contribution in [0.3, 0.4) is 0 Å². The molecule has 1 aromatic carbocycles. The first-order valence-corrected chi connectivity index (χ1v) is 6.55. The highest BCUT2D eigenvalue weighted by atomic mass is 16.1. The Labute approximate surface area is 122 Å².